The van der Waals surface area contributed by atoms with Crippen LogP contribution in [0.4, 0.5) is 0 Å². The minimum atomic E-state index is -0.273. The highest BCUT2D eigenvalue weighted by atomic mass is 35.5. The molecule has 0 radical (unpaired) electrons. The minimum Gasteiger partial charge on any atom is -0.396 e. The first-order valence-electron chi connectivity index (χ1n) is 10.3. The van der Waals surface area contributed by atoms with Crippen LogP contribution in [0.15, 0.2) is 53.3 Å². The summed E-state index contributed by atoms with van der Waals surface area (Å²) in [7, 11) is 0. The third kappa shape index (κ3) is 4.92. The zero-order valence-corrected chi connectivity index (χ0v) is 18.4. The predicted molar refractivity (Wildman–Crippen MR) is 121 cm³/mol. The molecule has 1 saturated carbocycles. The molecule has 0 spiro atoms. The van der Waals surface area contributed by atoms with Crippen molar-refractivity contribution in [2.24, 2.45) is 0 Å². The largest absolute Gasteiger partial charge is 0.396 e. The minimum absolute atomic E-state index is 0.0974. The first-order chi connectivity index (χ1) is 15.0. The van der Waals surface area contributed by atoms with E-state index in [0.29, 0.717) is 22.3 Å². The van der Waals surface area contributed by atoms with Gasteiger partial charge in [0.25, 0.3) is 0 Å². The summed E-state index contributed by atoms with van der Waals surface area (Å²) < 4.78 is 2.92. The van der Waals surface area contributed by atoms with E-state index in [0.717, 1.165) is 24.0 Å². The number of hydrogen-bond donors (Lipinski definition) is 1. The number of aliphatic hydroxyl groups excluding tert-OH is 1. The number of carbonyl (C=O) groups excluding carboxylic acids is 1. The van der Waals surface area contributed by atoms with Crippen LogP contribution >= 0.6 is 23.2 Å². The van der Waals surface area contributed by atoms with Crippen molar-refractivity contribution in [1.29, 1.82) is 0 Å². The van der Waals surface area contributed by atoms with Crippen LogP contribution in [0.5, 0.6) is 0 Å². The van der Waals surface area contributed by atoms with Crippen molar-refractivity contribution >= 4 is 29.0 Å². The molecule has 2 aromatic carbocycles. The second kappa shape index (κ2) is 9.39. The normalized spacial score (nSPS) is 14.5. The van der Waals surface area contributed by atoms with Gasteiger partial charge in [0.05, 0.1) is 0 Å². The van der Waals surface area contributed by atoms with Gasteiger partial charge in [-0.05, 0) is 55.2 Å². The molecule has 0 bridgehead atoms. The number of Topliss-reactive ketones (excluding diaryl/α,β-unsaturated/α-hetero) is 1. The summed E-state index contributed by atoms with van der Waals surface area (Å²) in [4.78, 5) is 25.6. The molecule has 1 unspecified atom stereocenters. The number of carbonyl (C=O) groups is 1. The van der Waals surface area contributed by atoms with E-state index < -0.39 is 0 Å². The van der Waals surface area contributed by atoms with E-state index in [1.165, 1.54) is 4.68 Å². The number of aliphatic hydroxyl groups is 1. The second-order valence-corrected chi connectivity index (χ2v) is 8.69. The maximum atomic E-state index is 12.9. The maximum absolute atomic E-state index is 12.9. The van der Waals surface area contributed by atoms with Gasteiger partial charge in [0.2, 0.25) is 0 Å². The van der Waals surface area contributed by atoms with Crippen LogP contribution in [0, 0.1) is 0 Å². The number of halogens is 2. The van der Waals surface area contributed by atoms with Crippen LogP contribution in [0.2, 0.25) is 10.0 Å². The van der Waals surface area contributed by atoms with Crippen molar-refractivity contribution in [3.63, 3.8) is 0 Å². The molecule has 1 atom stereocenters. The Labute approximate surface area is 190 Å². The highest BCUT2D eigenvalue weighted by Gasteiger charge is 2.30. The van der Waals surface area contributed by atoms with Crippen LogP contribution in [0.25, 0.3) is 11.4 Å². The van der Waals surface area contributed by atoms with Crippen molar-refractivity contribution in [1.82, 2.24) is 14.3 Å². The maximum Gasteiger partial charge on any atom is 0.346 e. The summed E-state index contributed by atoms with van der Waals surface area (Å²) in [5.74, 6) is 0.208. The van der Waals surface area contributed by atoms with Gasteiger partial charge in [0, 0.05) is 40.6 Å². The van der Waals surface area contributed by atoms with Gasteiger partial charge in [-0.15, -0.1) is 5.10 Å². The Morgan fingerprint density at radius 3 is 2.48 bits per heavy atom. The molecule has 0 aliphatic heterocycles. The van der Waals surface area contributed by atoms with E-state index in [1.54, 1.807) is 22.8 Å². The molecule has 1 aliphatic rings. The fourth-order valence-electron chi connectivity index (χ4n) is 3.71. The van der Waals surface area contributed by atoms with Gasteiger partial charge in [-0.2, -0.15) is 0 Å². The number of hydrogen-bond acceptors (Lipinski definition) is 4. The van der Waals surface area contributed by atoms with Crippen LogP contribution in [-0.4, -0.2) is 31.8 Å². The molecule has 1 fully saturated rings. The van der Waals surface area contributed by atoms with Gasteiger partial charge in [0.1, 0.15) is 6.54 Å². The topological polar surface area (TPSA) is 77.1 Å². The van der Waals surface area contributed by atoms with Crippen molar-refractivity contribution in [3.05, 3.63) is 74.6 Å². The average molecular weight is 460 g/mol. The zero-order chi connectivity index (χ0) is 22.0. The van der Waals surface area contributed by atoms with E-state index >= 15 is 0 Å². The molecule has 1 N–H and O–H groups in total. The lowest BCUT2D eigenvalue weighted by Gasteiger charge is -2.15. The SMILES string of the molecule is O=C(CCC(CO)c1ccccc1Cl)Cn1nc(-c2ccc(Cl)cc2)n(C2CC2)c1=O. The van der Waals surface area contributed by atoms with Crippen molar-refractivity contribution in [3.8, 4) is 11.4 Å². The third-order valence-corrected chi connectivity index (χ3v) is 6.14. The smallest absolute Gasteiger partial charge is 0.346 e. The van der Waals surface area contributed by atoms with Crippen molar-refractivity contribution < 1.29 is 9.90 Å². The van der Waals surface area contributed by atoms with Gasteiger partial charge in [-0.25, -0.2) is 9.48 Å². The molecule has 162 valence electrons. The second-order valence-electron chi connectivity index (χ2n) is 7.85. The Balaban J connectivity index is 1.49. The van der Waals surface area contributed by atoms with Crippen LogP contribution < -0.4 is 5.69 Å². The Bertz CT molecular complexity index is 1130. The van der Waals surface area contributed by atoms with Crippen LogP contribution in [0.1, 0.15) is 43.2 Å². The molecule has 8 heteroatoms. The summed E-state index contributed by atoms with van der Waals surface area (Å²) in [5, 5.41) is 15.4. The lowest BCUT2D eigenvalue weighted by molar-refractivity contribution is -0.120. The summed E-state index contributed by atoms with van der Waals surface area (Å²) in [5.41, 5.74) is 1.34. The van der Waals surface area contributed by atoms with Gasteiger partial charge in [0.15, 0.2) is 11.6 Å². The van der Waals surface area contributed by atoms with Gasteiger partial charge in [-0.3, -0.25) is 9.36 Å². The van der Waals surface area contributed by atoms with Crippen molar-refractivity contribution in [2.45, 2.75) is 44.2 Å². The average Bonchev–Trinajstić information content (AvgIpc) is 3.55. The molecule has 0 amide bonds. The lowest BCUT2D eigenvalue weighted by Crippen LogP contribution is -2.27. The number of rotatable bonds is 9. The van der Waals surface area contributed by atoms with E-state index in [9.17, 15) is 14.7 Å². The molecule has 0 saturated heterocycles. The van der Waals surface area contributed by atoms with Gasteiger partial charge < -0.3 is 5.11 Å². The summed E-state index contributed by atoms with van der Waals surface area (Å²) in [6, 6.07) is 14.6. The molecule has 1 heterocycles. The zero-order valence-electron chi connectivity index (χ0n) is 16.9. The van der Waals surface area contributed by atoms with Crippen LogP contribution in [-0.2, 0) is 11.3 Å². The Hall–Kier alpha value is -2.41. The number of ketones is 1. The number of nitrogens with zero attached hydrogens (tertiary/aromatic N) is 3. The quantitative estimate of drug-likeness (QED) is 0.511. The lowest BCUT2D eigenvalue weighted by atomic mass is 9.94. The van der Waals surface area contributed by atoms with E-state index in [2.05, 4.69) is 5.10 Å². The molecule has 1 aromatic heterocycles. The Kier molecular flexibility index (Phi) is 6.60. The highest BCUT2D eigenvalue weighted by Crippen LogP contribution is 2.36. The van der Waals surface area contributed by atoms with Crippen LogP contribution in [0.3, 0.4) is 0 Å². The standard InChI is InChI=1S/C23H23Cl2N3O3/c24-17-8-5-15(6-9-17)22-26-27(23(31)28(22)18-10-11-18)13-19(30)12-7-16(14-29)20-3-1-2-4-21(20)25/h1-6,8-9,16,18,29H,7,10-14H2. The fourth-order valence-corrected chi connectivity index (χ4v) is 4.13. The van der Waals surface area contributed by atoms with Gasteiger partial charge >= 0.3 is 5.69 Å². The predicted octanol–water partition coefficient (Wildman–Crippen LogP) is 4.48. The van der Waals surface area contributed by atoms with E-state index in [4.69, 9.17) is 23.2 Å². The van der Waals surface area contributed by atoms with Gasteiger partial charge in [-0.1, -0.05) is 41.4 Å². The monoisotopic (exact) mass is 459 g/mol. The molecule has 6 nitrogen and oxygen atoms in total. The first kappa shape index (κ1) is 21.8. The third-order valence-electron chi connectivity index (χ3n) is 5.55. The summed E-state index contributed by atoms with van der Waals surface area (Å²) in [6.45, 7) is -0.201. The number of benzene rings is 2. The molecular weight excluding hydrogens is 437 g/mol. The first-order valence-corrected chi connectivity index (χ1v) is 11.1. The number of aromatic nitrogens is 3. The molecular formula is C23H23Cl2N3O3. The molecule has 1 aliphatic carbocycles. The highest BCUT2D eigenvalue weighted by molar-refractivity contribution is 6.31. The molecule has 4 rings (SSSR count). The molecule has 3 aromatic rings. The summed E-state index contributed by atoms with van der Waals surface area (Å²) >= 11 is 12.2. The van der Waals surface area contributed by atoms with E-state index in [-0.39, 0.29) is 43.0 Å². The fraction of sp³-hybridized carbons (Fsp3) is 0.348. The Morgan fingerprint density at radius 1 is 1.13 bits per heavy atom. The van der Waals surface area contributed by atoms with Crippen molar-refractivity contribution in [2.75, 3.05) is 6.61 Å². The summed E-state index contributed by atoms with van der Waals surface area (Å²) in [6.07, 6.45) is 2.52. The molecule has 31 heavy (non-hydrogen) atoms. The Morgan fingerprint density at radius 2 is 1.84 bits per heavy atom. The van der Waals surface area contributed by atoms with E-state index in [1.807, 2.05) is 30.3 Å².